The molecule has 1 aromatic heterocycles. The number of halogens is 2. The quantitative estimate of drug-likeness (QED) is 0.817. The Morgan fingerprint density at radius 3 is 2.71 bits per heavy atom. The molecule has 1 heterocycles. The normalized spacial score (nSPS) is 12.1. The molecule has 1 atom stereocenters. The van der Waals surface area contributed by atoms with E-state index in [0.29, 0.717) is 0 Å². The summed E-state index contributed by atoms with van der Waals surface area (Å²) in [6.45, 7) is 1.88. The van der Waals surface area contributed by atoms with Gasteiger partial charge in [-0.2, -0.15) is 10.4 Å². The molecule has 3 nitrogen and oxygen atoms in total. The summed E-state index contributed by atoms with van der Waals surface area (Å²) in [4.78, 5) is 0. The molecule has 0 amide bonds. The van der Waals surface area contributed by atoms with Crippen molar-refractivity contribution < 1.29 is 0 Å². The third kappa shape index (κ3) is 2.59. The Labute approximate surface area is 116 Å². The Bertz CT molecular complexity index is 584. The zero-order valence-electron chi connectivity index (χ0n) is 9.06. The molecule has 17 heavy (non-hydrogen) atoms. The Balaban J connectivity index is 2.42. The molecule has 5 heteroatoms. The van der Waals surface area contributed by atoms with Crippen molar-refractivity contribution >= 4 is 31.9 Å². The maximum absolute atomic E-state index is 8.88. The van der Waals surface area contributed by atoms with Crippen LogP contribution in [0.3, 0.4) is 0 Å². The van der Waals surface area contributed by atoms with Crippen molar-refractivity contribution in [2.75, 3.05) is 0 Å². The maximum Gasteiger partial charge on any atom is 0.0788 e. The lowest BCUT2D eigenvalue weighted by Crippen LogP contribution is -1.97. The molecule has 0 saturated heterocycles. The van der Waals surface area contributed by atoms with Crippen LogP contribution in [0.4, 0.5) is 0 Å². The average molecular weight is 355 g/mol. The predicted molar refractivity (Wildman–Crippen MR) is 73.0 cm³/mol. The molecule has 0 N–H and O–H groups in total. The SMILES string of the molecule is CC(C#N)c1ccc(-n2cc(Br)cn2)c(Br)c1. The molecule has 0 fully saturated rings. The number of hydrogen-bond acceptors (Lipinski definition) is 2. The summed E-state index contributed by atoms with van der Waals surface area (Å²) in [5.41, 5.74) is 1.94. The van der Waals surface area contributed by atoms with E-state index in [0.717, 1.165) is 20.2 Å². The first kappa shape index (κ1) is 12.3. The van der Waals surface area contributed by atoms with E-state index in [1.54, 1.807) is 10.9 Å². The number of rotatable bonds is 2. The van der Waals surface area contributed by atoms with Crippen molar-refractivity contribution in [1.82, 2.24) is 9.78 Å². The first-order valence-corrected chi connectivity index (χ1v) is 6.60. The number of benzene rings is 1. The highest BCUT2D eigenvalue weighted by atomic mass is 79.9. The van der Waals surface area contributed by atoms with E-state index in [1.165, 1.54) is 0 Å². The second kappa shape index (κ2) is 5.03. The molecule has 1 unspecified atom stereocenters. The smallest absolute Gasteiger partial charge is 0.0788 e. The van der Waals surface area contributed by atoms with Gasteiger partial charge < -0.3 is 0 Å². The van der Waals surface area contributed by atoms with Crippen molar-refractivity contribution in [3.63, 3.8) is 0 Å². The van der Waals surface area contributed by atoms with E-state index in [2.05, 4.69) is 43.0 Å². The fraction of sp³-hybridized carbons (Fsp3) is 0.167. The number of nitrogens with zero attached hydrogens (tertiary/aromatic N) is 3. The van der Waals surface area contributed by atoms with Crippen molar-refractivity contribution in [3.05, 3.63) is 45.1 Å². The highest BCUT2D eigenvalue weighted by molar-refractivity contribution is 9.10. The van der Waals surface area contributed by atoms with Gasteiger partial charge >= 0.3 is 0 Å². The van der Waals surface area contributed by atoms with E-state index < -0.39 is 0 Å². The van der Waals surface area contributed by atoms with E-state index in [1.807, 2.05) is 31.3 Å². The Morgan fingerprint density at radius 2 is 2.18 bits per heavy atom. The van der Waals surface area contributed by atoms with Gasteiger partial charge in [-0.25, -0.2) is 4.68 Å². The van der Waals surface area contributed by atoms with Crippen LogP contribution in [0.15, 0.2) is 39.5 Å². The van der Waals surface area contributed by atoms with Crippen LogP contribution >= 0.6 is 31.9 Å². The standard InChI is InChI=1S/C12H9Br2N3/c1-8(5-15)9-2-3-12(11(14)4-9)17-7-10(13)6-16-17/h2-4,6-8H,1H3. The van der Waals surface area contributed by atoms with Gasteiger partial charge in [0.25, 0.3) is 0 Å². The van der Waals surface area contributed by atoms with Crippen LogP contribution < -0.4 is 0 Å². The maximum atomic E-state index is 8.88. The van der Waals surface area contributed by atoms with Gasteiger partial charge in [0, 0.05) is 10.7 Å². The zero-order valence-corrected chi connectivity index (χ0v) is 12.2. The molecular weight excluding hydrogens is 346 g/mol. The van der Waals surface area contributed by atoms with Crippen molar-refractivity contribution in [1.29, 1.82) is 5.26 Å². The molecule has 86 valence electrons. The summed E-state index contributed by atoms with van der Waals surface area (Å²) >= 11 is 6.87. The van der Waals surface area contributed by atoms with Crippen LogP contribution in [0.5, 0.6) is 0 Å². The highest BCUT2D eigenvalue weighted by Crippen LogP contribution is 2.26. The summed E-state index contributed by atoms with van der Waals surface area (Å²) in [5, 5.41) is 13.1. The fourth-order valence-electron chi connectivity index (χ4n) is 1.49. The first-order chi connectivity index (χ1) is 8.11. The lowest BCUT2D eigenvalue weighted by molar-refractivity contribution is 0.872. The average Bonchev–Trinajstić information content (AvgIpc) is 2.74. The van der Waals surface area contributed by atoms with Gasteiger partial charge in [-0.15, -0.1) is 0 Å². The molecule has 0 saturated carbocycles. The molecule has 0 aliphatic carbocycles. The summed E-state index contributed by atoms with van der Waals surface area (Å²) < 4.78 is 3.63. The van der Waals surface area contributed by atoms with Crippen LogP contribution in [0.2, 0.25) is 0 Å². The van der Waals surface area contributed by atoms with Gasteiger partial charge in [-0.1, -0.05) is 6.07 Å². The predicted octanol–water partition coefficient (Wildman–Crippen LogP) is 4.02. The molecule has 2 aromatic rings. The van der Waals surface area contributed by atoms with E-state index in [9.17, 15) is 0 Å². The molecule has 0 bridgehead atoms. The van der Waals surface area contributed by atoms with E-state index >= 15 is 0 Å². The van der Waals surface area contributed by atoms with Gasteiger partial charge in [0.1, 0.15) is 0 Å². The minimum absolute atomic E-state index is 0.107. The van der Waals surface area contributed by atoms with Crippen molar-refractivity contribution in [3.8, 4) is 11.8 Å². The molecule has 1 aromatic carbocycles. The van der Waals surface area contributed by atoms with Gasteiger partial charge in [0.15, 0.2) is 0 Å². The minimum Gasteiger partial charge on any atom is -0.239 e. The summed E-state index contributed by atoms with van der Waals surface area (Å²) in [5.74, 6) is -0.107. The van der Waals surface area contributed by atoms with Crippen LogP contribution in [0.1, 0.15) is 18.4 Å². The topological polar surface area (TPSA) is 41.6 Å². The number of nitriles is 1. The number of aromatic nitrogens is 2. The van der Waals surface area contributed by atoms with Gasteiger partial charge in [-0.05, 0) is 56.5 Å². The van der Waals surface area contributed by atoms with Crippen LogP contribution in [0.25, 0.3) is 5.69 Å². The summed E-state index contributed by atoms with van der Waals surface area (Å²) in [6, 6.07) is 8.08. The second-order valence-corrected chi connectivity index (χ2v) is 5.43. The Morgan fingerprint density at radius 1 is 1.41 bits per heavy atom. The molecule has 0 aliphatic rings. The van der Waals surface area contributed by atoms with Gasteiger partial charge in [0.05, 0.1) is 28.3 Å². The third-order valence-corrected chi connectivity index (χ3v) is 3.51. The van der Waals surface area contributed by atoms with E-state index in [-0.39, 0.29) is 5.92 Å². The van der Waals surface area contributed by atoms with Crippen LogP contribution in [-0.2, 0) is 0 Å². The largest absolute Gasteiger partial charge is 0.239 e. The lowest BCUT2D eigenvalue weighted by Gasteiger charge is -2.08. The Kier molecular flexibility index (Phi) is 3.65. The monoisotopic (exact) mass is 353 g/mol. The zero-order chi connectivity index (χ0) is 12.4. The minimum atomic E-state index is -0.107. The Hall–Kier alpha value is -1.12. The van der Waals surface area contributed by atoms with E-state index in [4.69, 9.17) is 5.26 Å². The van der Waals surface area contributed by atoms with Gasteiger partial charge in [0.2, 0.25) is 0 Å². The van der Waals surface area contributed by atoms with Crippen LogP contribution in [-0.4, -0.2) is 9.78 Å². The molecule has 2 rings (SSSR count). The first-order valence-electron chi connectivity index (χ1n) is 5.01. The molecular formula is C12H9Br2N3. The third-order valence-electron chi connectivity index (χ3n) is 2.46. The molecule has 0 radical (unpaired) electrons. The summed E-state index contributed by atoms with van der Waals surface area (Å²) in [6.07, 6.45) is 3.62. The molecule has 0 spiro atoms. The lowest BCUT2D eigenvalue weighted by atomic mass is 10.0. The van der Waals surface area contributed by atoms with Crippen molar-refractivity contribution in [2.45, 2.75) is 12.8 Å². The molecule has 0 aliphatic heterocycles. The fourth-order valence-corrected chi connectivity index (χ4v) is 2.35. The second-order valence-electron chi connectivity index (χ2n) is 3.66. The highest BCUT2D eigenvalue weighted by Gasteiger charge is 2.09. The number of hydrogen-bond donors (Lipinski definition) is 0. The van der Waals surface area contributed by atoms with Gasteiger partial charge in [-0.3, -0.25) is 0 Å². The van der Waals surface area contributed by atoms with Crippen LogP contribution in [0, 0.1) is 11.3 Å². The summed E-state index contributed by atoms with van der Waals surface area (Å²) in [7, 11) is 0. The van der Waals surface area contributed by atoms with Crippen molar-refractivity contribution in [2.24, 2.45) is 0 Å².